The molecule has 0 aromatic heterocycles. The van der Waals surface area contributed by atoms with E-state index in [-0.39, 0.29) is 4.86 Å². The van der Waals surface area contributed by atoms with Crippen LogP contribution in [-0.2, 0) is 0 Å². The number of benzene rings is 1. The second-order valence-electron chi connectivity index (χ2n) is 1.63. The molecule has 1 N–H and O–H groups in total. The summed E-state index contributed by atoms with van der Waals surface area (Å²) in [6.07, 6.45) is 0. The number of hydrogen-bond acceptors (Lipinski definition) is 2. The van der Waals surface area contributed by atoms with Crippen molar-refractivity contribution in [2.24, 2.45) is 0 Å². The first kappa shape index (κ1) is 5.75. The molecule has 0 radical (unpaired) electrons. The van der Waals surface area contributed by atoms with Crippen LogP contribution in [0.1, 0.15) is 0 Å². The second-order valence-corrected chi connectivity index (χ2v) is 1.63. The lowest BCUT2D eigenvalue weighted by atomic mass is 10.3. The summed E-state index contributed by atoms with van der Waals surface area (Å²) in [7, 11) is 0. The molecule has 1 aromatic rings. The van der Waals surface area contributed by atoms with Crippen molar-refractivity contribution in [1.82, 2.24) is 0 Å². The highest BCUT2D eigenvalue weighted by Crippen LogP contribution is 2.06. The van der Waals surface area contributed by atoms with Gasteiger partial charge < -0.3 is 5.21 Å². The van der Waals surface area contributed by atoms with Crippen LogP contribution in [0, 0.1) is 10.7 Å². The van der Waals surface area contributed by atoms with Gasteiger partial charge in [0, 0.05) is 12.1 Å². The quantitative estimate of drug-likeness (QED) is 0.345. The van der Waals surface area contributed by atoms with Gasteiger partial charge >= 0.3 is 0 Å². The first-order valence-electron chi connectivity index (χ1n) is 2.54. The van der Waals surface area contributed by atoms with Crippen molar-refractivity contribution in [1.29, 1.82) is 5.53 Å². The van der Waals surface area contributed by atoms with Gasteiger partial charge in [0.2, 0.25) is 5.69 Å². The van der Waals surface area contributed by atoms with Crippen molar-refractivity contribution in [2.45, 2.75) is 0 Å². The van der Waals surface area contributed by atoms with E-state index in [1.54, 1.807) is 30.3 Å². The molecule has 0 amide bonds. The Labute approximate surface area is 52.6 Å². The minimum absolute atomic E-state index is 0.0833. The van der Waals surface area contributed by atoms with E-state index in [9.17, 15) is 5.21 Å². The zero-order valence-electron chi connectivity index (χ0n) is 4.74. The van der Waals surface area contributed by atoms with Crippen molar-refractivity contribution in [2.75, 3.05) is 0 Å². The van der Waals surface area contributed by atoms with Crippen LogP contribution >= 0.6 is 0 Å². The second kappa shape index (κ2) is 2.26. The van der Waals surface area contributed by atoms with Crippen LogP contribution in [-0.4, -0.2) is 4.86 Å². The van der Waals surface area contributed by atoms with Crippen LogP contribution in [0.5, 0.6) is 0 Å². The molecule has 0 aliphatic rings. The number of para-hydroxylation sites is 1. The van der Waals surface area contributed by atoms with E-state index in [1.807, 2.05) is 0 Å². The van der Waals surface area contributed by atoms with Crippen LogP contribution < -0.4 is 0 Å². The summed E-state index contributed by atoms with van der Waals surface area (Å²) in [6, 6.07) is 8.40. The molecule has 3 heteroatoms. The van der Waals surface area contributed by atoms with E-state index in [0.29, 0.717) is 5.69 Å². The Hall–Kier alpha value is -1.38. The minimum atomic E-state index is 0.0833. The highest BCUT2D eigenvalue weighted by molar-refractivity contribution is 5.27. The predicted molar refractivity (Wildman–Crippen MR) is 32.4 cm³/mol. The molecular weight excluding hydrogens is 116 g/mol. The molecular formula is C6H6N2O. The molecule has 0 fully saturated rings. The third-order valence-electron chi connectivity index (χ3n) is 0.991. The summed E-state index contributed by atoms with van der Waals surface area (Å²) in [5.41, 5.74) is 6.96. The SMILES string of the molecule is N=[N+]([O-])c1ccccc1. The zero-order chi connectivity index (χ0) is 6.69. The number of rotatable bonds is 1. The van der Waals surface area contributed by atoms with E-state index in [1.165, 1.54) is 0 Å². The van der Waals surface area contributed by atoms with Gasteiger partial charge in [0.25, 0.3) is 0 Å². The fourth-order valence-corrected chi connectivity index (χ4v) is 0.563. The lowest BCUT2D eigenvalue weighted by molar-refractivity contribution is -0.465. The normalized spacial score (nSPS) is 8.89. The fourth-order valence-electron chi connectivity index (χ4n) is 0.563. The first-order chi connectivity index (χ1) is 4.30. The Balaban J connectivity index is 2.98. The molecule has 0 spiro atoms. The summed E-state index contributed by atoms with van der Waals surface area (Å²) in [6.45, 7) is 0. The molecule has 0 saturated carbocycles. The fraction of sp³-hybridized carbons (Fsp3) is 0. The highest BCUT2D eigenvalue weighted by Gasteiger charge is 1.94. The Bertz CT molecular complexity index is 208. The third kappa shape index (κ3) is 1.25. The van der Waals surface area contributed by atoms with Crippen LogP contribution in [0.3, 0.4) is 0 Å². The predicted octanol–water partition coefficient (Wildman–Crippen LogP) is 1.86. The molecule has 46 valence electrons. The van der Waals surface area contributed by atoms with Crippen LogP contribution in [0.4, 0.5) is 5.69 Å². The average molecular weight is 122 g/mol. The van der Waals surface area contributed by atoms with Crippen LogP contribution in [0.25, 0.3) is 0 Å². The third-order valence-corrected chi connectivity index (χ3v) is 0.991. The Morgan fingerprint density at radius 3 is 2.11 bits per heavy atom. The van der Waals surface area contributed by atoms with E-state index in [0.717, 1.165) is 0 Å². The maximum atomic E-state index is 10.2. The Kier molecular flexibility index (Phi) is 1.44. The smallest absolute Gasteiger partial charge is 0.244 e. The van der Waals surface area contributed by atoms with Crippen molar-refractivity contribution in [3.8, 4) is 0 Å². The lowest BCUT2D eigenvalue weighted by Crippen LogP contribution is -1.84. The average Bonchev–Trinajstić information content (AvgIpc) is 1.90. The summed E-state index contributed by atoms with van der Waals surface area (Å²) >= 11 is 0. The van der Waals surface area contributed by atoms with Gasteiger partial charge in [0.05, 0.1) is 0 Å². The van der Waals surface area contributed by atoms with E-state index in [2.05, 4.69) is 0 Å². The summed E-state index contributed by atoms with van der Waals surface area (Å²) in [5, 5.41) is 10.2. The molecule has 0 atom stereocenters. The van der Waals surface area contributed by atoms with E-state index < -0.39 is 0 Å². The molecule has 0 saturated heterocycles. The van der Waals surface area contributed by atoms with Gasteiger partial charge in [0.1, 0.15) is 0 Å². The molecule has 1 rings (SSSR count). The lowest BCUT2D eigenvalue weighted by Gasteiger charge is -1.92. The molecule has 0 aliphatic carbocycles. The Morgan fingerprint density at radius 2 is 1.78 bits per heavy atom. The summed E-state index contributed by atoms with van der Waals surface area (Å²) in [4.78, 5) is 0.0833. The maximum Gasteiger partial charge on any atom is 0.244 e. The molecule has 0 bridgehead atoms. The molecule has 3 nitrogen and oxygen atoms in total. The van der Waals surface area contributed by atoms with Crippen LogP contribution in [0.15, 0.2) is 30.3 Å². The standard InChI is InChI=1S/C6H6N2O/c7-8(9)6-4-2-1-3-5-6/h1-5,7H. The molecule has 0 unspecified atom stereocenters. The minimum Gasteiger partial charge on any atom is -0.594 e. The van der Waals surface area contributed by atoms with Gasteiger partial charge in [0.15, 0.2) is 0 Å². The van der Waals surface area contributed by atoms with Crippen LogP contribution in [0.2, 0.25) is 0 Å². The number of hydrogen-bond donors (Lipinski definition) is 1. The maximum absolute atomic E-state index is 10.2. The Morgan fingerprint density at radius 1 is 1.22 bits per heavy atom. The van der Waals surface area contributed by atoms with Crippen molar-refractivity contribution < 1.29 is 4.86 Å². The molecule has 9 heavy (non-hydrogen) atoms. The van der Waals surface area contributed by atoms with Gasteiger partial charge in [-0.3, -0.25) is 0 Å². The van der Waals surface area contributed by atoms with Crippen molar-refractivity contribution in [3.63, 3.8) is 0 Å². The summed E-state index contributed by atoms with van der Waals surface area (Å²) < 4.78 is 0. The van der Waals surface area contributed by atoms with Gasteiger partial charge in [-0.05, 0) is 5.53 Å². The van der Waals surface area contributed by atoms with E-state index in [4.69, 9.17) is 5.53 Å². The summed E-state index contributed by atoms with van der Waals surface area (Å²) in [5.74, 6) is 0. The zero-order valence-corrected chi connectivity index (χ0v) is 4.74. The van der Waals surface area contributed by atoms with Gasteiger partial charge in [-0.15, -0.1) is 0 Å². The van der Waals surface area contributed by atoms with Gasteiger partial charge in [-0.2, -0.15) is 0 Å². The highest BCUT2D eigenvalue weighted by atomic mass is 16.5. The molecule has 1 aromatic carbocycles. The van der Waals surface area contributed by atoms with Gasteiger partial charge in [-0.25, -0.2) is 0 Å². The molecule has 0 aliphatic heterocycles. The topological polar surface area (TPSA) is 49.9 Å². The number of nitrogens with zero attached hydrogens (tertiary/aromatic N) is 1. The van der Waals surface area contributed by atoms with E-state index >= 15 is 0 Å². The van der Waals surface area contributed by atoms with Crippen molar-refractivity contribution >= 4 is 5.69 Å². The first-order valence-corrected chi connectivity index (χ1v) is 2.54. The monoisotopic (exact) mass is 122 g/mol. The molecule has 0 heterocycles. The number of nitrogens with one attached hydrogen (secondary N) is 1. The van der Waals surface area contributed by atoms with Crippen molar-refractivity contribution in [3.05, 3.63) is 35.5 Å². The van der Waals surface area contributed by atoms with Gasteiger partial charge in [-0.1, -0.05) is 23.1 Å². The largest absolute Gasteiger partial charge is 0.594 e.